The first-order chi connectivity index (χ1) is 9.26. The monoisotopic (exact) mass is 298 g/mol. The van der Waals surface area contributed by atoms with E-state index >= 15 is 0 Å². The molecule has 0 saturated carbocycles. The lowest BCUT2D eigenvalue weighted by Gasteiger charge is -2.25. The number of ether oxygens (including phenoxy) is 2. The molecule has 0 radical (unpaired) electrons. The quantitative estimate of drug-likeness (QED) is 0.650. The number of hydrogen-bond acceptors (Lipinski definition) is 2. The molecule has 114 valence electrons. The molecule has 3 heteroatoms. The number of benzene rings is 1. The average Bonchev–Trinajstić information content (AvgIpc) is 2.35. The number of rotatable bonds is 6. The summed E-state index contributed by atoms with van der Waals surface area (Å²) in [4.78, 5) is 0. The molecule has 0 heterocycles. The third-order valence-electron chi connectivity index (χ3n) is 3.34. The lowest BCUT2D eigenvalue weighted by molar-refractivity contribution is 0.294. The van der Waals surface area contributed by atoms with Crippen LogP contribution in [-0.2, 0) is 0 Å². The molecule has 2 atom stereocenters. The minimum Gasteiger partial charge on any atom is -0.497 e. The smallest absolute Gasteiger partial charge is 0.123 e. The van der Waals surface area contributed by atoms with Crippen LogP contribution >= 0.6 is 11.6 Å². The van der Waals surface area contributed by atoms with Crippen molar-refractivity contribution in [2.45, 2.75) is 45.9 Å². The van der Waals surface area contributed by atoms with Crippen LogP contribution in [0.5, 0.6) is 11.5 Å². The maximum Gasteiger partial charge on any atom is 0.123 e. The Bertz CT molecular complexity index is 423. The Kier molecular flexibility index (Phi) is 6.19. The fourth-order valence-corrected chi connectivity index (χ4v) is 3.17. The summed E-state index contributed by atoms with van der Waals surface area (Å²) in [7, 11) is 3.34. The molecule has 0 bridgehead atoms. The molecule has 0 aliphatic carbocycles. The van der Waals surface area contributed by atoms with Crippen LogP contribution in [-0.4, -0.2) is 14.2 Å². The van der Waals surface area contributed by atoms with Gasteiger partial charge in [-0.3, -0.25) is 0 Å². The second kappa shape index (κ2) is 7.21. The first kappa shape index (κ1) is 17.2. The van der Waals surface area contributed by atoms with E-state index in [1.807, 2.05) is 18.2 Å². The van der Waals surface area contributed by atoms with Crippen LogP contribution in [0.15, 0.2) is 18.2 Å². The third-order valence-corrected chi connectivity index (χ3v) is 3.76. The Labute approximate surface area is 128 Å². The zero-order valence-electron chi connectivity index (χ0n) is 13.5. The van der Waals surface area contributed by atoms with Gasteiger partial charge in [-0.15, -0.1) is 11.6 Å². The van der Waals surface area contributed by atoms with Gasteiger partial charge in [-0.2, -0.15) is 0 Å². The van der Waals surface area contributed by atoms with Crippen molar-refractivity contribution in [2.24, 2.45) is 11.3 Å². The van der Waals surface area contributed by atoms with E-state index in [4.69, 9.17) is 21.1 Å². The minimum absolute atomic E-state index is 0.0580. The number of hydrogen-bond donors (Lipinski definition) is 0. The summed E-state index contributed by atoms with van der Waals surface area (Å²) in [5.41, 5.74) is 1.34. The molecule has 2 unspecified atom stereocenters. The van der Waals surface area contributed by atoms with Gasteiger partial charge in [0.15, 0.2) is 0 Å². The van der Waals surface area contributed by atoms with Gasteiger partial charge in [0.1, 0.15) is 11.5 Å². The number of methoxy groups -OCH3 is 2. The van der Waals surface area contributed by atoms with Gasteiger partial charge in [0.2, 0.25) is 0 Å². The summed E-state index contributed by atoms with van der Waals surface area (Å²) in [6.07, 6.45) is 2.09. The van der Waals surface area contributed by atoms with Crippen molar-refractivity contribution in [3.05, 3.63) is 23.8 Å². The molecule has 0 N–H and O–H groups in total. The SMILES string of the molecule is COc1ccc(OC)c(C(Cl)CC(C)CC(C)(C)C)c1. The molecule has 0 amide bonds. The van der Waals surface area contributed by atoms with Gasteiger partial charge in [0.25, 0.3) is 0 Å². The molecule has 0 fully saturated rings. The molecule has 0 spiro atoms. The predicted molar refractivity (Wildman–Crippen MR) is 86.0 cm³/mol. The highest BCUT2D eigenvalue weighted by Gasteiger charge is 2.21. The summed E-state index contributed by atoms with van der Waals surface area (Å²) in [5, 5.41) is -0.0580. The molecular weight excluding hydrogens is 272 g/mol. The fraction of sp³-hybridized carbons (Fsp3) is 0.647. The van der Waals surface area contributed by atoms with Gasteiger partial charge >= 0.3 is 0 Å². The second-order valence-corrected chi connectivity index (χ2v) is 7.21. The van der Waals surface area contributed by atoms with E-state index in [9.17, 15) is 0 Å². The summed E-state index contributed by atoms with van der Waals surface area (Å²) in [5.74, 6) is 2.21. The zero-order valence-corrected chi connectivity index (χ0v) is 14.3. The average molecular weight is 299 g/mol. The minimum atomic E-state index is -0.0580. The Morgan fingerprint density at radius 2 is 1.80 bits per heavy atom. The lowest BCUT2D eigenvalue weighted by atomic mass is 9.83. The second-order valence-electron chi connectivity index (χ2n) is 6.68. The Morgan fingerprint density at radius 1 is 1.15 bits per heavy atom. The standard InChI is InChI=1S/C17H27ClO2/c1-12(11-17(2,3)4)9-15(18)14-10-13(19-5)7-8-16(14)20-6/h7-8,10,12,15H,9,11H2,1-6H3. The van der Waals surface area contributed by atoms with Crippen LogP contribution in [0.1, 0.15) is 51.5 Å². The van der Waals surface area contributed by atoms with Crippen LogP contribution < -0.4 is 9.47 Å². The predicted octanol–water partition coefficient (Wildman–Crippen LogP) is 5.45. The topological polar surface area (TPSA) is 18.5 Å². The maximum absolute atomic E-state index is 6.61. The van der Waals surface area contributed by atoms with E-state index < -0.39 is 0 Å². The summed E-state index contributed by atoms with van der Waals surface area (Å²) in [6, 6.07) is 5.78. The Hall–Kier alpha value is -0.890. The van der Waals surface area contributed by atoms with Gasteiger partial charge < -0.3 is 9.47 Å². The van der Waals surface area contributed by atoms with Crippen LogP contribution in [0.2, 0.25) is 0 Å². The molecule has 1 rings (SSSR count). The van der Waals surface area contributed by atoms with Crippen LogP contribution in [0.25, 0.3) is 0 Å². The van der Waals surface area contributed by atoms with Gasteiger partial charge in [0, 0.05) is 5.56 Å². The summed E-state index contributed by atoms with van der Waals surface area (Å²) in [6.45, 7) is 9.05. The summed E-state index contributed by atoms with van der Waals surface area (Å²) < 4.78 is 10.7. The molecule has 0 saturated heterocycles. The Morgan fingerprint density at radius 3 is 2.30 bits per heavy atom. The molecule has 20 heavy (non-hydrogen) atoms. The molecule has 0 aliphatic rings. The van der Waals surface area contributed by atoms with E-state index in [2.05, 4.69) is 27.7 Å². The molecule has 1 aromatic carbocycles. The van der Waals surface area contributed by atoms with Crippen molar-refractivity contribution in [2.75, 3.05) is 14.2 Å². The van der Waals surface area contributed by atoms with Gasteiger partial charge in [-0.05, 0) is 42.4 Å². The van der Waals surface area contributed by atoms with Crippen molar-refractivity contribution in [3.8, 4) is 11.5 Å². The van der Waals surface area contributed by atoms with Crippen molar-refractivity contribution < 1.29 is 9.47 Å². The van der Waals surface area contributed by atoms with E-state index in [0.717, 1.165) is 29.9 Å². The Balaban J connectivity index is 2.82. The third kappa shape index (κ3) is 5.24. The highest BCUT2D eigenvalue weighted by Crippen LogP contribution is 2.38. The first-order valence-electron chi connectivity index (χ1n) is 7.13. The molecule has 0 aliphatic heterocycles. The van der Waals surface area contributed by atoms with E-state index in [0.29, 0.717) is 11.3 Å². The number of alkyl halides is 1. The molecule has 1 aromatic rings. The maximum atomic E-state index is 6.61. The van der Waals surface area contributed by atoms with Crippen LogP contribution in [0.4, 0.5) is 0 Å². The summed E-state index contributed by atoms with van der Waals surface area (Å²) >= 11 is 6.61. The van der Waals surface area contributed by atoms with Gasteiger partial charge in [-0.1, -0.05) is 27.7 Å². The highest BCUT2D eigenvalue weighted by atomic mass is 35.5. The van der Waals surface area contributed by atoms with Crippen molar-refractivity contribution in [1.29, 1.82) is 0 Å². The van der Waals surface area contributed by atoms with Crippen molar-refractivity contribution in [3.63, 3.8) is 0 Å². The van der Waals surface area contributed by atoms with Crippen LogP contribution in [0.3, 0.4) is 0 Å². The zero-order chi connectivity index (χ0) is 15.3. The number of halogens is 1. The van der Waals surface area contributed by atoms with Crippen molar-refractivity contribution >= 4 is 11.6 Å². The van der Waals surface area contributed by atoms with Crippen molar-refractivity contribution in [1.82, 2.24) is 0 Å². The van der Waals surface area contributed by atoms with E-state index in [1.54, 1.807) is 14.2 Å². The van der Waals surface area contributed by atoms with Gasteiger partial charge in [0.05, 0.1) is 19.6 Å². The molecule has 2 nitrogen and oxygen atoms in total. The van der Waals surface area contributed by atoms with E-state index in [-0.39, 0.29) is 5.38 Å². The van der Waals surface area contributed by atoms with Gasteiger partial charge in [-0.25, -0.2) is 0 Å². The molecule has 0 aromatic heterocycles. The van der Waals surface area contributed by atoms with Crippen LogP contribution in [0, 0.1) is 11.3 Å². The normalized spacial score (nSPS) is 14.8. The lowest BCUT2D eigenvalue weighted by Crippen LogP contribution is -2.12. The fourth-order valence-electron chi connectivity index (χ4n) is 2.69. The molecular formula is C17H27ClO2. The highest BCUT2D eigenvalue weighted by molar-refractivity contribution is 6.21. The van der Waals surface area contributed by atoms with E-state index in [1.165, 1.54) is 0 Å². The largest absolute Gasteiger partial charge is 0.497 e. The first-order valence-corrected chi connectivity index (χ1v) is 7.56.